The quantitative estimate of drug-likeness (QED) is 0.419. The summed E-state index contributed by atoms with van der Waals surface area (Å²) in [5.74, 6) is -0.410. The molecule has 3 aliphatic rings. The summed E-state index contributed by atoms with van der Waals surface area (Å²) in [6, 6.07) is 4.06. The lowest BCUT2D eigenvalue weighted by atomic mass is 10.1. The minimum atomic E-state index is -3.93. The molecule has 0 aromatic carbocycles. The number of likely N-dealkylation sites (tertiary alicyclic amines) is 2. The zero-order valence-electron chi connectivity index (χ0n) is 19.9. The van der Waals surface area contributed by atoms with E-state index in [4.69, 9.17) is 11.6 Å². The summed E-state index contributed by atoms with van der Waals surface area (Å²) in [5.41, 5.74) is 0.496. The van der Waals surface area contributed by atoms with Crippen molar-refractivity contribution >= 4 is 55.0 Å². The third-order valence-electron chi connectivity index (χ3n) is 7.04. The van der Waals surface area contributed by atoms with Crippen molar-refractivity contribution in [1.29, 1.82) is 0 Å². The molecule has 2 atom stereocenters. The Kier molecular flexibility index (Phi) is 7.64. The summed E-state index contributed by atoms with van der Waals surface area (Å²) in [7, 11) is -3.93. The van der Waals surface area contributed by atoms with E-state index in [2.05, 4.69) is 26.8 Å². The van der Waals surface area contributed by atoms with Crippen molar-refractivity contribution in [3.8, 4) is 0 Å². The zero-order valence-corrected chi connectivity index (χ0v) is 22.3. The molecular formula is C24H30ClN5O4S2. The second kappa shape index (κ2) is 10.7. The Balaban J connectivity index is 1.22. The van der Waals surface area contributed by atoms with E-state index in [9.17, 15) is 18.0 Å². The zero-order chi connectivity index (χ0) is 25.3. The fourth-order valence-corrected chi connectivity index (χ4v) is 7.94. The highest BCUT2D eigenvalue weighted by Crippen LogP contribution is 2.29. The summed E-state index contributed by atoms with van der Waals surface area (Å²) in [6.45, 7) is 3.90. The van der Waals surface area contributed by atoms with Crippen molar-refractivity contribution in [3.63, 3.8) is 0 Å². The van der Waals surface area contributed by atoms with Crippen molar-refractivity contribution in [2.45, 2.75) is 48.4 Å². The van der Waals surface area contributed by atoms with Gasteiger partial charge in [0.15, 0.2) is 0 Å². The number of thiophene rings is 1. The van der Waals surface area contributed by atoms with Crippen LogP contribution in [0.3, 0.4) is 0 Å². The number of hydrogen-bond acceptors (Lipinski definition) is 7. The lowest BCUT2D eigenvalue weighted by Crippen LogP contribution is -2.55. The van der Waals surface area contributed by atoms with Crippen LogP contribution in [0.1, 0.15) is 32.1 Å². The van der Waals surface area contributed by atoms with Gasteiger partial charge in [0.2, 0.25) is 11.8 Å². The Bertz CT molecular complexity index is 1280. The Hall–Kier alpha value is -2.05. The second-order valence-corrected chi connectivity index (χ2v) is 13.0. The normalized spacial score (nSPS) is 23.6. The number of halogens is 1. The van der Waals surface area contributed by atoms with Gasteiger partial charge >= 0.3 is 0 Å². The molecular weight excluding hydrogens is 522 g/mol. The fraction of sp³-hybridized carbons (Fsp3) is 0.542. The van der Waals surface area contributed by atoms with Crippen LogP contribution in [0.25, 0.3) is 10.2 Å². The topological polar surface area (TPSA) is 103 Å². The maximum atomic E-state index is 13.2. The van der Waals surface area contributed by atoms with Crippen LogP contribution < -0.4 is 4.72 Å². The number of carbonyl (C=O) groups excluding carboxylic acids is 2. The highest BCUT2D eigenvalue weighted by atomic mass is 35.5. The number of amides is 2. The Labute approximate surface area is 220 Å². The molecule has 1 N–H and O–H groups in total. The molecule has 2 saturated heterocycles. The predicted octanol–water partition coefficient (Wildman–Crippen LogP) is 2.47. The first-order valence-electron chi connectivity index (χ1n) is 12.3. The number of hydrogen-bond donors (Lipinski definition) is 1. The van der Waals surface area contributed by atoms with E-state index < -0.39 is 16.1 Å². The third-order valence-corrected chi connectivity index (χ3v) is 10.3. The number of carbonyl (C=O) groups is 2. The molecule has 12 heteroatoms. The number of fused-ring (bicyclic) bond motifs is 1. The van der Waals surface area contributed by atoms with Crippen molar-refractivity contribution in [1.82, 2.24) is 24.4 Å². The average Bonchev–Trinajstić information content (AvgIpc) is 3.49. The maximum Gasteiger partial charge on any atom is 0.250 e. The number of rotatable bonds is 7. The van der Waals surface area contributed by atoms with E-state index in [0.29, 0.717) is 36.1 Å². The number of sulfonamides is 1. The first-order valence-corrected chi connectivity index (χ1v) is 15.0. The molecule has 0 saturated carbocycles. The first-order chi connectivity index (χ1) is 17.3. The Morgan fingerprint density at radius 3 is 2.81 bits per heavy atom. The molecule has 0 unspecified atom stereocenters. The summed E-state index contributed by atoms with van der Waals surface area (Å²) in [6.07, 6.45) is 8.35. The number of piperidine rings is 1. The standard InChI is InChI=1S/C24H30ClN5O4S2/c25-21-9-8-20-19(26-21)14-23(35-20)36(33,34)27-18-7-5-12-29(24(18)32)16-22(31)30-13-4-6-17(30)15-28-10-2-1-3-11-28/h1-2,8-9,14,17-18,27H,3-7,10-13,15-16H2/t17-,18-/m0/s1. The van der Waals surface area contributed by atoms with Gasteiger partial charge in [0, 0.05) is 38.8 Å². The van der Waals surface area contributed by atoms with E-state index in [1.165, 1.54) is 11.0 Å². The van der Waals surface area contributed by atoms with Gasteiger partial charge in [-0.3, -0.25) is 14.5 Å². The van der Waals surface area contributed by atoms with Crippen LogP contribution in [0.15, 0.2) is 34.6 Å². The van der Waals surface area contributed by atoms with Crippen LogP contribution in [0, 0.1) is 0 Å². The number of pyridine rings is 1. The number of aromatic nitrogens is 1. The molecule has 0 bridgehead atoms. The number of nitrogens with one attached hydrogen (secondary N) is 1. The summed E-state index contributed by atoms with van der Waals surface area (Å²) in [5, 5.41) is 0.285. The van der Waals surface area contributed by atoms with Crippen molar-refractivity contribution in [2.24, 2.45) is 0 Å². The highest BCUT2D eigenvalue weighted by Gasteiger charge is 2.36. The minimum absolute atomic E-state index is 0.0151. The molecule has 5 rings (SSSR count). The van der Waals surface area contributed by atoms with Crippen molar-refractivity contribution < 1.29 is 18.0 Å². The smallest absolute Gasteiger partial charge is 0.250 e. The number of nitrogens with zero attached hydrogens (tertiary/aromatic N) is 4. The lowest BCUT2D eigenvalue weighted by molar-refractivity contribution is -0.143. The van der Waals surface area contributed by atoms with Gasteiger partial charge in [-0.25, -0.2) is 13.4 Å². The van der Waals surface area contributed by atoms with Gasteiger partial charge in [-0.05, 0) is 50.3 Å². The van der Waals surface area contributed by atoms with Gasteiger partial charge < -0.3 is 9.80 Å². The first kappa shape index (κ1) is 25.6. The molecule has 194 valence electrons. The molecule has 0 aliphatic carbocycles. The summed E-state index contributed by atoms with van der Waals surface area (Å²) in [4.78, 5) is 36.3. The van der Waals surface area contributed by atoms with Crippen molar-refractivity contribution in [3.05, 3.63) is 35.5 Å². The summed E-state index contributed by atoms with van der Waals surface area (Å²) < 4.78 is 29.5. The van der Waals surface area contributed by atoms with Gasteiger partial charge in [0.25, 0.3) is 10.0 Å². The molecule has 2 aromatic rings. The van der Waals surface area contributed by atoms with Gasteiger partial charge in [0.05, 0.1) is 16.8 Å². The minimum Gasteiger partial charge on any atom is -0.337 e. The Morgan fingerprint density at radius 2 is 2.00 bits per heavy atom. The van der Waals surface area contributed by atoms with E-state index in [1.807, 2.05) is 4.90 Å². The van der Waals surface area contributed by atoms with Gasteiger partial charge in [0.1, 0.15) is 15.4 Å². The monoisotopic (exact) mass is 551 g/mol. The largest absolute Gasteiger partial charge is 0.337 e. The van der Waals surface area contributed by atoms with Gasteiger partial charge in [-0.2, -0.15) is 4.72 Å². The average molecular weight is 552 g/mol. The molecule has 0 radical (unpaired) electrons. The highest BCUT2D eigenvalue weighted by molar-refractivity contribution is 7.91. The lowest BCUT2D eigenvalue weighted by Gasteiger charge is -2.35. The molecule has 36 heavy (non-hydrogen) atoms. The fourth-order valence-electron chi connectivity index (χ4n) is 5.22. The van der Waals surface area contributed by atoms with Crippen LogP contribution in [0.2, 0.25) is 5.15 Å². The molecule has 5 heterocycles. The van der Waals surface area contributed by atoms with Crippen LogP contribution in [-0.4, -0.2) is 91.3 Å². The van der Waals surface area contributed by atoms with Crippen LogP contribution in [0.5, 0.6) is 0 Å². The van der Waals surface area contributed by atoms with E-state index >= 15 is 0 Å². The summed E-state index contributed by atoms with van der Waals surface area (Å²) >= 11 is 7.00. The van der Waals surface area contributed by atoms with E-state index in [0.717, 1.165) is 50.2 Å². The third kappa shape index (κ3) is 5.60. The molecule has 2 aromatic heterocycles. The molecule has 9 nitrogen and oxygen atoms in total. The maximum absolute atomic E-state index is 13.2. The molecule has 3 aliphatic heterocycles. The second-order valence-electron chi connectivity index (χ2n) is 9.56. The molecule has 0 spiro atoms. The molecule has 2 amide bonds. The van der Waals surface area contributed by atoms with Crippen LogP contribution in [-0.2, 0) is 19.6 Å². The van der Waals surface area contributed by atoms with Gasteiger partial charge in [-0.1, -0.05) is 23.8 Å². The van der Waals surface area contributed by atoms with E-state index in [1.54, 1.807) is 12.1 Å². The van der Waals surface area contributed by atoms with Gasteiger partial charge in [-0.15, -0.1) is 11.3 Å². The Morgan fingerprint density at radius 1 is 1.17 bits per heavy atom. The van der Waals surface area contributed by atoms with Crippen molar-refractivity contribution in [2.75, 3.05) is 39.3 Å². The van der Waals surface area contributed by atoms with Crippen LogP contribution >= 0.6 is 22.9 Å². The SMILES string of the molecule is O=C1[C@@H](NS(=O)(=O)c2cc3nc(Cl)ccc3s2)CCCN1CC(=O)N1CCC[C@H]1CN1CC=CCC1. The molecule has 2 fully saturated rings. The van der Waals surface area contributed by atoms with Crippen LogP contribution in [0.4, 0.5) is 0 Å². The van der Waals surface area contributed by atoms with E-state index in [-0.39, 0.29) is 33.8 Å². The predicted molar refractivity (Wildman–Crippen MR) is 139 cm³/mol.